The highest BCUT2D eigenvalue weighted by atomic mass is 35.5. The van der Waals surface area contributed by atoms with E-state index in [0.717, 1.165) is 5.69 Å². The third-order valence-corrected chi connectivity index (χ3v) is 3.02. The van der Waals surface area contributed by atoms with Crippen LogP contribution in [0.25, 0.3) is 0 Å². The lowest BCUT2D eigenvalue weighted by Crippen LogP contribution is -2.18. The van der Waals surface area contributed by atoms with E-state index in [4.69, 9.17) is 34.3 Å². The maximum Gasteiger partial charge on any atom is 0.168 e. The maximum atomic E-state index is 13.6. The van der Waals surface area contributed by atoms with Crippen LogP contribution < -0.4 is 15.8 Å². The molecule has 3 nitrogen and oxygen atoms in total. The smallest absolute Gasteiger partial charge is 0.168 e. The van der Waals surface area contributed by atoms with Gasteiger partial charge in [0.1, 0.15) is 18.2 Å². The van der Waals surface area contributed by atoms with Crippen LogP contribution in [0.2, 0.25) is 5.02 Å². The molecular formula is C14H12ClFN2OS. The Morgan fingerprint density at radius 1 is 1.25 bits per heavy atom. The predicted octanol–water partition coefficient (Wildman–Crippen LogP) is 3.71. The van der Waals surface area contributed by atoms with Crippen molar-refractivity contribution in [2.45, 2.75) is 6.61 Å². The van der Waals surface area contributed by atoms with Crippen LogP contribution in [0.4, 0.5) is 10.1 Å². The summed E-state index contributed by atoms with van der Waals surface area (Å²) in [5, 5.41) is 3.33. The van der Waals surface area contributed by atoms with Gasteiger partial charge in [0.05, 0.1) is 5.02 Å². The Bertz CT molecular complexity index is 599. The normalized spacial score (nSPS) is 10.1. The molecule has 0 aliphatic carbocycles. The van der Waals surface area contributed by atoms with Crippen molar-refractivity contribution in [2.24, 2.45) is 5.73 Å². The highest BCUT2D eigenvalue weighted by Gasteiger charge is 2.07. The molecule has 0 bridgehead atoms. The molecule has 0 unspecified atom stereocenters. The zero-order valence-electron chi connectivity index (χ0n) is 10.4. The second-order valence-electron chi connectivity index (χ2n) is 4.00. The SMILES string of the molecule is NC(=S)Nc1ccc(OCc2c(F)cccc2Cl)cc1. The second kappa shape index (κ2) is 6.54. The highest BCUT2D eigenvalue weighted by Crippen LogP contribution is 2.22. The van der Waals surface area contributed by atoms with Gasteiger partial charge in [-0.2, -0.15) is 0 Å². The fourth-order valence-electron chi connectivity index (χ4n) is 1.60. The fourth-order valence-corrected chi connectivity index (χ4v) is 1.94. The first-order chi connectivity index (χ1) is 9.56. The number of hydrogen-bond donors (Lipinski definition) is 2. The van der Waals surface area contributed by atoms with Crippen molar-refractivity contribution >= 4 is 34.6 Å². The van der Waals surface area contributed by atoms with Crippen LogP contribution in [0.15, 0.2) is 42.5 Å². The Morgan fingerprint density at radius 3 is 2.55 bits per heavy atom. The number of rotatable bonds is 4. The molecular weight excluding hydrogens is 299 g/mol. The first-order valence-electron chi connectivity index (χ1n) is 5.78. The average molecular weight is 311 g/mol. The summed E-state index contributed by atoms with van der Waals surface area (Å²) in [5.74, 6) is 0.210. The van der Waals surface area contributed by atoms with E-state index in [1.54, 1.807) is 36.4 Å². The summed E-state index contributed by atoms with van der Waals surface area (Å²) in [6.45, 7) is 0.0631. The molecule has 0 aliphatic heterocycles. The van der Waals surface area contributed by atoms with Gasteiger partial charge < -0.3 is 15.8 Å². The van der Waals surface area contributed by atoms with E-state index in [-0.39, 0.29) is 17.5 Å². The van der Waals surface area contributed by atoms with E-state index in [2.05, 4.69) is 5.32 Å². The Labute approximate surface area is 126 Å². The van der Waals surface area contributed by atoms with Crippen LogP contribution >= 0.6 is 23.8 Å². The van der Waals surface area contributed by atoms with Crippen LogP contribution in [0.3, 0.4) is 0 Å². The summed E-state index contributed by atoms with van der Waals surface area (Å²) in [7, 11) is 0. The molecule has 0 amide bonds. The number of ether oxygens (including phenoxy) is 1. The lowest BCUT2D eigenvalue weighted by Gasteiger charge is -2.09. The number of benzene rings is 2. The zero-order valence-corrected chi connectivity index (χ0v) is 12.0. The molecule has 2 rings (SSSR count). The summed E-state index contributed by atoms with van der Waals surface area (Å²) >= 11 is 10.7. The number of nitrogens with two attached hydrogens (primary N) is 1. The van der Waals surface area contributed by atoms with Crippen molar-refractivity contribution < 1.29 is 9.13 Å². The number of anilines is 1. The van der Waals surface area contributed by atoms with Gasteiger partial charge in [-0.25, -0.2) is 4.39 Å². The number of hydrogen-bond acceptors (Lipinski definition) is 2. The minimum atomic E-state index is -0.385. The largest absolute Gasteiger partial charge is 0.489 e. The van der Waals surface area contributed by atoms with Crippen molar-refractivity contribution in [1.82, 2.24) is 0 Å². The van der Waals surface area contributed by atoms with E-state index in [9.17, 15) is 4.39 Å². The lowest BCUT2D eigenvalue weighted by atomic mass is 10.2. The van der Waals surface area contributed by atoms with E-state index in [0.29, 0.717) is 16.3 Å². The van der Waals surface area contributed by atoms with Crippen LogP contribution in [0.1, 0.15) is 5.56 Å². The molecule has 0 aromatic heterocycles. The molecule has 0 aliphatic rings. The monoisotopic (exact) mass is 310 g/mol. The van der Waals surface area contributed by atoms with Gasteiger partial charge >= 0.3 is 0 Å². The highest BCUT2D eigenvalue weighted by molar-refractivity contribution is 7.80. The molecule has 0 fully saturated rings. The molecule has 0 heterocycles. The van der Waals surface area contributed by atoms with Gasteiger partial charge in [-0.05, 0) is 48.6 Å². The Hall–Kier alpha value is -1.85. The summed E-state index contributed by atoms with van der Waals surface area (Å²) in [5.41, 5.74) is 6.45. The quantitative estimate of drug-likeness (QED) is 0.845. The van der Waals surface area contributed by atoms with Gasteiger partial charge in [0.25, 0.3) is 0 Å². The first-order valence-corrected chi connectivity index (χ1v) is 6.57. The summed E-state index contributed by atoms with van der Waals surface area (Å²) < 4.78 is 19.1. The van der Waals surface area contributed by atoms with Crippen molar-refractivity contribution in [3.8, 4) is 5.75 Å². The molecule has 0 radical (unpaired) electrons. The van der Waals surface area contributed by atoms with Gasteiger partial charge in [-0.1, -0.05) is 17.7 Å². The van der Waals surface area contributed by atoms with Crippen LogP contribution in [-0.2, 0) is 6.61 Å². The fraction of sp³-hybridized carbons (Fsp3) is 0.0714. The van der Waals surface area contributed by atoms with Gasteiger partial charge in [0.2, 0.25) is 0 Å². The Morgan fingerprint density at radius 2 is 1.95 bits per heavy atom. The second-order valence-corrected chi connectivity index (χ2v) is 4.85. The minimum Gasteiger partial charge on any atom is -0.489 e. The molecule has 2 aromatic carbocycles. The average Bonchev–Trinajstić information content (AvgIpc) is 2.39. The van der Waals surface area contributed by atoms with Gasteiger partial charge in [-0.15, -0.1) is 0 Å². The van der Waals surface area contributed by atoms with Crippen LogP contribution in [-0.4, -0.2) is 5.11 Å². The van der Waals surface area contributed by atoms with E-state index >= 15 is 0 Å². The van der Waals surface area contributed by atoms with E-state index in [1.165, 1.54) is 6.07 Å². The molecule has 0 saturated carbocycles. The van der Waals surface area contributed by atoms with E-state index in [1.807, 2.05) is 0 Å². The molecule has 3 N–H and O–H groups in total. The lowest BCUT2D eigenvalue weighted by molar-refractivity contribution is 0.300. The summed E-state index contributed by atoms with van der Waals surface area (Å²) in [4.78, 5) is 0. The first kappa shape index (κ1) is 14.6. The topological polar surface area (TPSA) is 47.3 Å². The predicted molar refractivity (Wildman–Crippen MR) is 82.6 cm³/mol. The minimum absolute atomic E-state index is 0.0631. The van der Waals surface area contributed by atoms with Gasteiger partial charge in [-0.3, -0.25) is 0 Å². The van der Waals surface area contributed by atoms with Crippen molar-refractivity contribution in [3.63, 3.8) is 0 Å². The molecule has 0 spiro atoms. The van der Waals surface area contributed by atoms with Crippen LogP contribution in [0, 0.1) is 5.82 Å². The Balaban J connectivity index is 2.02. The number of halogens is 2. The standard InChI is InChI=1S/C14H12ClFN2OS/c15-12-2-1-3-13(16)11(12)8-19-10-6-4-9(5-7-10)18-14(17)20/h1-7H,8H2,(H3,17,18,20). The molecule has 0 atom stereocenters. The maximum absolute atomic E-state index is 13.6. The number of thiocarbonyl (C=S) groups is 1. The zero-order chi connectivity index (χ0) is 14.5. The van der Waals surface area contributed by atoms with Crippen molar-refractivity contribution in [3.05, 3.63) is 58.9 Å². The van der Waals surface area contributed by atoms with Crippen molar-refractivity contribution in [1.29, 1.82) is 0 Å². The third-order valence-electron chi connectivity index (χ3n) is 2.57. The molecule has 104 valence electrons. The van der Waals surface area contributed by atoms with Gasteiger partial charge in [0, 0.05) is 11.3 Å². The molecule has 2 aromatic rings. The molecule has 0 saturated heterocycles. The summed E-state index contributed by atoms with van der Waals surface area (Å²) in [6.07, 6.45) is 0. The number of nitrogens with one attached hydrogen (secondary N) is 1. The van der Waals surface area contributed by atoms with Crippen molar-refractivity contribution in [2.75, 3.05) is 5.32 Å². The summed E-state index contributed by atoms with van der Waals surface area (Å²) in [6, 6.07) is 11.5. The van der Waals surface area contributed by atoms with Gasteiger partial charge in [0.15, 0.2) is 5.11 Å². The van der Waals surface area contributed by atoms with Crippen LogP contribution in [0.5, 0.6) is 5.75 Å². The molecule has 20 heavy (non-hydrogen) atoms. The third kappa shape index (κ3) is 3.82. The molecule has 6 heteroatoms. The van der Waals surface area contributed by atoms with E-state index < -0.39 is 0 Å². The Kier molecular flexibility index (Phi) is 4.76.